The summed E-state index contributed by atoms with van der Waals surface area (Å²) in [6, 6.07) is 6.46. The molecule has 0 amide bonds. The highest BCUT2D eigenvalue weighted by atomic mass is 16.1. The Hall–Kier alpha value is -3.34. The summed E-state index contributed by atoms with van der Waals surface area (Å²) in [5, 5.41) is 19.0. The van der Waals surface area contributed by atoms with Gasteiger partial charge in [-0.25, -0.2) is 14.7 Å². The van der Waals surface area contributed by atoms with E-state index in [1.807, 2.05) is 18.2 Å². The summed E-state index contributed by atoms with van der Waals surface area (Å²) in [6.07, 6.45) is 4.00. The molecule has 3 heterocycles. The topological polar surface area (TPSA) is 118 Å². The number of nitrogens with one attached hydrogen (secondary N) is 2. The molecule has 0 radical (unpaired) electrons. The SMILES string of the molecule is C[C@H]1CN(C(=NC2C[C@@H]3C[C@@H]([C@H]2C)C3(C)C)Nc2ccc3c(=O)n(C)c(Cn4cnnn4)nc3c2)CCN1. The maximum Gasteiger partial charge on any atom is 0.261 e. The van der Waals surface area contributed by atoms with Gasteiger partial charge < -0.3 is 15.5 Å². The highest BCUT2D eigenvalue weighted by molar-refractivity contribution is 5.96. The third kappa shape index (κ3) is 4.36. The molecule has 5 atom stereocenters. The van der Waals surface area contributed by atoms with Gasteiger partial charge in [0.2, 0.25) is 0 Å². The molecule has 4 aliphatic rings. The van der Waals surface area contributed by atoms with Crippen LogP contribution < -0.4 is 16.2 Å². The molecule has 4 fully saturated rings. The van der Waals surface area contributed by atoms with E-state index < -0.39 is 0 Å². The molecule has 202 valence electrons. The molecule has 2 N–H and O–H groups in total. The molecule has 1 unspecified atom stereocenters. The van der Waals surface area contributed by atoms with Crippen LogP contribution in [0.4, 0.5) is 5.69 Å². The summed E-state index contributed by atoms with van der Waals surface area (Å²) < 4.78 is 3.12. The molecule has 3 aliphatic carbocycles. The molecule has 2 aromatic heterocycles. The number of benzene rings is 1. The molecular weight excluding hydrogens is 480 g/mol. The van der Waals surface area contributed by atoms with E-state index in [9.17, 15) is 4.79 Å². The van der Waals surface area contributed by atoms with Gasteiger partial charge in [0.05, 0.1) is 16.9 Å². The number of piperazine rings is 1. The number of hydrogen-bond donors (Lipinski definition) is 2. The van der Waals surface area contributed by atoms with Crippen molar-refractivity contribution in [2.75, 3.05) is 25.0 Å². The number of tetrazole rings is 1. The Balaban J connectivity index is 1.32. The first kappa shape index (κ1) is 25.0. The summed E-state index contributed by atoms with van der Waals surface area (Å²) in [6.45, 7) is 12.5. The molecule has 1 aromatic carbocycles. The van der Waals surface area contributed by atoms with Gasteiger partial charge in [-0.1, -0.05) is 20.8 Å². The van der Waals surface area contributed by atoms with Crippen molar-refractivity contribution in [1.29, 1.82) is 0 Å². The van der Waals surface area contributed by atoms with Crippen LogP contribution in [0, 0.1) is 23.2 Å². The lowest BCUT2D eigenvalue weighted by atomic mass is 9.45. The highest BCUT2D eigenvalue weighted by Gasteiger charge is 2.56. The van der Waals surface area contributed by atoms with Crippen LogP contribution in [0.5, 0.6) is 0 Å². The lowest BCUT2D eigenvalue weighted by molar-refractivity contribution is -0.108. The number of hydrogen-bond acceptors (Lipinski definition) is 7. The number of guanidine groups is 1. The van der Waals surface area contributed by atoms with E-state index >= 15 is 0 Å². The van der Waals surface area contributed by atoms with Crippen molar-refractivity contribution in [3.63, 3.8) is 0 Å². The Labute approximate surface area is 222 Å². The minimum Gasteiger partial charge on any atom is -0.340 e. The van der Waals surface area contributed by atoms with Gasteiger partial charge in [-0.2, -0.15) is 0 Å². The third-order valence-electron chi connectivity index (χ3n) is 9.39. The number of fused-ring (bicyclic) bond motifs is 3. The first-order valence-electron chi connectivity index (χ1n) is 13.7. The second-order valence-corrected chi connectivity index (χ2v) is 12.0. The number of rotatable bonds is 4. The molecule has 38 heavy (non-hydrogen) atoms. The van der Waals surface area contributed by atoms with Crippen molar-refractivity contribution >= 4 is 22.5 Å². The standard InChI is InChI=1S/C27H38N10O/c1-16-13-36(9-8-28-16)26(32-22-11-18-10-21(17(22)2)27(18,3)4)30-19-6-7-20-23(12-19)31-24(35(5)25(20)38)14-37-15-29-33-34-37/h6-7,12,15-18,21-22,28H,8-11,13-14H2,1-5H3,(H,30,32)/t16-,17+,18-,21-,22?/m0/s1. The van der Waals surface area contributed by atoms with Gasteiger partial charge in [-0.05, 0) is 71.6 Å². The van der Waals surface area contributed by atoms with Gasteiger partial charge in [0.15, 0.2) is 5.96 Å². The number of aliphatic imine (C=N–C) groups is 1. The van der Waals surface area contributed by atoms with Crippen LogP contribution >= 0.6 is 0 Å². The minimum absolute atomic E-state index is 0.0904. The van der Waals surface area contributed by atoms with Crippen molar-refractivity contribution in [3.05, 3.63) is 40.7 Å². The Bertz CT molecular complexity index is 1410. The molecule has 2 bridgehead atoms. The maximum absolute atomic E-state index is 13.1. The van der Waals surface area contributed by atoms with Crippen LogP contribution in [0.2, 0.25) is 0 Å². The van der Waals surface area contributed by atoms with Crippen LogP contribution in [-0.4, -0.2) is 72.3 Å². The van der Waals surface area contributed by atoms with E-state index in [0.29, 0.717) is 46.7 Å². The van der Waals surface area contributed by atoms with Gasteiger partial charge in [0.25, 0.3) is 5.56 Å². The van der Waals surface area contributed by atoms with Crippen molar-refractivity contribution < 1.29 is 0 Å². The van der Waals surface area contributed by atoms with Crippen LogP contribution in [0.1, 0.15) is 46.4 Å². The lowest BCUT2D eigenvalue weighted by Gasteiger charge is -2.61. The fraction of sp³-hybridized carbons (Fsp3) is 0.630. The zero-order valence-electron chi connectivity index (χ0n) is 22.9. The average molecular weight is 519 g/mol. The van der Waals surface area contributed by atoms with Gasteiger partial charge in [0.1, 0.15) is 18.7 Å². The number of anilines is 1. The predicted octanol–water partition coefficient (Wildman–Crippen LogP) is 2.10. The van der Waals surface area contributed by atoms with Crippen LogP contribution in [0.25, 0.3) is 10.9 Å². The highest BCUT2D eigenvalue weighted by Crippen LogP contribution is 2.61. The molecular formula is C27H38N10O. The Morgan fingerprint density at radius 2 is 2.11 bits per heavy atom. The third-order valence-corrected chi connectivity index (χ3v) is 9.39. The van der Waals surface area contributed by atoms with Gasteiger partial charge >= 0.3 is 0 Å². The van der Waals surface area contributed by atoms with Crippen molar-refractivity contribution in [2.45, 2.75) is 59.2 Å². The molecule has 11 nitrogen and oxygen atoms in total. The van der Waals surface area contributed by atoms with Gasteiger partial charge in [-0.15, -0.1) is 5.10 Å². The van der Waals surface area contributed by atoms with E-state index in [1.54, 1.807) is 16.3 Å². The second-order valence-electron chi connectivity index (χ2n) is 12.0. The Morgan fingerprint density at radius 1 is 1.26 bits per heavy atom. The van der Waals surface area contributed by atoms with Crippen LogP contribution in [-0.2, 0) is 13.6 Å². The zero-order chi connectivity index (χ0) is 26.6. The van der Waals surface area contributed by atoms with E-state index in [2.05, 4.69) is 58.8 Å². The van der Waals surface area contributed by atoms with E-state index in [1.165, 1.54) is 12.7 Å². The second kappa shape index (κ2) is 9.44. The predicted molar refractivity (Wildman–Crippen MR) is 147 cm³/mol. The summed E-state index contributed by atoms with van der Waals surface area (Å²) in [4.78, 5) is 25.6. The Kier molecular flexibility index (Phi) is 6.20. The van der Waals surface area contributed by atoms with Crippen molar-refractivity contribution in [2.24, 2.45) is 35.2 Å². The quantitative estimate of drug-likeness (QED) is 0.398. The van der Waals surface area contributed by atoms with Crippen LogP contribution in [0.3, 0.4) is 0 Å². The molecule has 11 heteroatoms. The fourth-order valence-corrected chi connectivity index (χ4v) is 6.83. The van der Waals surface area contributed by atoms with E-state index in [4.69, 9.17) is 9.98 Å². The fourth-order valence-electron chi connectivity index (χ4n) is 6.83. The Morgan fingerprint density at radius 3 is 2.82 bits per heavy atom. The maximum atomic E-state index is 13.1. The molecule has 0 spiro atoms. The summed E-state index contributed by atoms with van der Waals surface area (Å²) >= 11 is 0. The number of aromatic nitrogens is 6. The first-order valence-corrected chi connectivity index (χ1v) is 13.7. The minimum atomic E-state index is -0.0904. The average Bonchev–Trinajstić information content (AvgIpc) is 3.40. The number of nitrogens with zero attached hydrogens (tertiary/aromatic N) is 8. The molecule has 1 aliphatic heterocycles. The van der Waals surface area contributed by atoms with Crippen molar-refractivity contribution in [1.82, 2.24) is 40.0 Å². The lowest BCUT2D eigenvalue weighted by Crippen LogP contribution is -2.57. The molecule has 3 aromatic rings. The van der Waals surface area contributed by atoms with E-state index in [-0.39, 0.29) is 5.56 Å². The summed E-state index contributed by atoms with van der Waals surface area (Å²) in [5.74, 6) is 3.56. The monoisotopic (exact) mass is 518 g/mol. The van der Waals surface area contributed by atoms with Gasteiger partial charge in [0, 0.05) is 38.4 Å². The van der Waals surface area contributed by atoms with Crippen molar-refractivity contribution in [3.8, 4) is 0 Å². The first-order chi connectivity index (χ1) is 18.2. The summed E-state index contributed by atoms with van der Waals surface area (Å²) in [5.41, 5.74) is 1.86. The molecule has 1 saturated heterocycles. The van der Waals surface area contributed by atoms with Crippen LogP contribution in [0.15, 0.2) is 34.3 Å². The largest absolute Gasteiger partial charge is 0.340 e. The summed E-state index contributed by atoms with van der Waals surface area (Å²) in [7, 11) is 1.73. The zero-order valence-corrected chi connectivity index (χ0v) is 22.9. The smallest absolute Gasteiger partial charge is 0.261 e. The van der Waals surface area contributed by atoms with Gasteiger partial charge in [-0.3, -0.25) is 9.36 Å². The molecule has 3 saturated carbocycles. The normalized spacial score (nSPS) is 28.8. The van der Waals surface area contributed by atoms with E-state index in [0.717, 1.165) is 49.5 Å². The molecule has 7 rings (SSSR count).